The molecule has 0 unspecified atom stereocenters. The van der Waals surface area contributed by atoms with Crippen molar-refractivity contribution in [2.75, 3.05) is 54.6 Å². The molecule has 0 bridgehead atoms. The zero-order chi connectivity index (χ0) is 52.9. The van der Waals surface area contributed by atoms with E-state index < -0.39 is 103 Å². The van der Waals surface area contributed by atoms with Crippen LogP contribution in [-0.2, 0) is 55.4 Å². The molecule has 72 heavy (non-hydrogen) atoms. The summed E-state index contributed by atoms with van der Waals surface area (Å²) in [7, 11) is -17.7. The molecule has 1 aromatic heterocycles. The first-order valence-electron chi connectivity index (χ1n) is 19.8. The van der Waals surface area contributed by atoms with Gasteiger partial charge in [-0.1, -0.05) is 30.1 Å². The molecule has 0 atom stereocenters. The lowest BCUT2D eigenvalue weighted by Gasteiger charge is -2.30. The van der Waals surface area contributed by atoms with Crippen molar-refractivity contribution >= 4 is 115 Å². The molecule has 0 radical (unpaired) electrons. The van der Waals surface area contributed by atoms with Gasteiger partial charge in [0.15, 0.2) is 48.3 Å². The third-order valence-electron chi connectivity index (χ3n) is 9.98. The molecule has 388 valence electrons. The molecule has 3 aromatic carbocycles. The molecule has 3 aliphatic rings. The zero-order valence-corrected chi connectivity index (χ0v) is 42.1. The van der Waals surface area contributed by atoms with Crippen molar-refractivity contribution in [1.29, 1.82) is 0 Å². The Morgan fingerprint density at radius 3 is 2.17 bits per heavy atom. The molecule has 0 fully saturated rings. The molecule has 35 heteroatoms. The summed E-state index contributed by atoms with van der Waals surface area (Å²) in [6, 6.07) is 9.86. The highest BCUT2D eigenvalue weighted by Crippen LogP contribution is 2.55. The van der Waals surface area contributed by atoms with Crippen LogP contribution in [0, 0.1) is 6.08 Å². The number of benzene rings is 4. The van der Waals surface area contributed by atoms with Crippen molar-refractivity contribution in [3.63, 3.8) is 0 Å². The van der Waals surface area contributed by atoms with E-state index >= 15 is 0 Å². The van der Waals surface area contributed by atoms with Crippen LogP contribution in [0.15, 0.2) is 85.1 Å². The minimum absolute atomic E-state index is 0.0326. The quantitative estimate of drug-likeness (QED) is 0.0272. The van der Waals surface area contributed by atoms with E-state index in [9.17, 15) is 60.8 Å². The van der Waals surface area contributed by atoms with Crippen molar-refractivity contribution < 1.29 is 82.9 Å². The van der Waals surface area contributed by atoms with Gasteiger partial charge in [-0.15, -0.1) is 0 Å². The van der Waals surface area contributed by atoms with Gasteiger partial charge < -0.3 is 28.9 Å². The van der Waals surface area contributed by atoms with Gasteiger partial charge in [0.1, 0.15) is 26.9 Å². The van der Waals surface area contributed by atoms with Crippen LogP contribution in [0.3, 0.4) is 0 Å². The Bertz CT molecular complexity index is 3670. The van der Waals surface area contributed by atoms with Gasteiger partial charge in [0.2, 0.25) is 11.8 Å². The number of ether oxygens (including phenoxy) is 1. The molecule has 27 nitrogen and oxygen atoms in total. The Labute approximate surface area is 419 Å². The van der Waals surface area contributed by atoms with Crippen LogP contribution in [0.5, 0.6) is 11.5 Å². The van der Waals surface area contributed by atoms with Crippen LogP contribution in [0.2, 0.25) is 10.0 Å². The van der Waals surface area contributed by atoms with Gasteiger partial charge in [0.25, 0.3) is 21.3 Å². The average molecular weight is 1140 g/mol. The Kier molecular flexibility index (Phi) is 15.3. The van der Waals surface area contributed by atoms with E-state index in [-0.39, 0.29) is 91.6 Å². The van der Waals surface area contributed by atoms with E-state index in [1.807, 2.05) is 0 Å². The molecule has 7 rings (SSSR count). The smallest absolute Gasteiger partial charge is 0.397 e. The molecule has 8 N–H and O–H groups in total. The lowest BCUT2D eigenvalue weighted by atomic mass is 10.1. The normalized spacial score (nSPS) is 13.6. The molecule has 0 saturated heterocycles. The maximum Gasteiger partial charge on any atom is 0.397 e. The number of sulfone groups is 1. The highest BCUT2D eigenvalue weighted by Gasteiger charge is 2.35. The summed E-state index contributed by atoms with van der Waals surface area (Å²) in [6.45, 7) is 4.72. The number of hydrogen-bond donors (Lipinski definition) is 8. The van der Waals surface area contributed by atoms with Crippen LogP contribution < -0.4 is 25.6 Å². The maximum atomic E-state index is 14.7. The molecule has 3 heterocycles. The van der Waals surface area contributed by atoms with Crippen molar-refractivity contribution in [2.24, 2.45) is 4.99 Å². The van der Waals surface area contributed by atoms with Crippen molar-refractivity contribution in [2.45, 2.75) is 28.2 Å². The molecule has 0 spiro atoms. The fraction of sp³-hybridized carbons (Fsp3) is 0.216. The predicted octanol–water partition coefficient (Wildman–Crippen LogP) is 5.73. The number of aromatic nitrogens is 4. The summed E-state index contributed by atoms with van der Waals surface area (Å²) in [4.78, 5) is 21.0. The Balaban J connectivity index is 1.12. The highest BCUT2D eigenvalue weighted by atomic mass is 35.5. The van der Waals surface area contributed by atoms with Crippen LogP contribution in [0.4, 0.5) is 33.1 Å². The summed E-state index contributed by atoms with van der Waals surface area (Å²) in [5, 5.41) is 4.31. The molecule has 0 saturated carbocycles. The third kappa shape index (κ3) is 12.4. The van der Waals surface area contributed by atoms with E-state index in [0.29, 0.717) is 6.54 Å². The minimum Gasteiger partial charge on any atom is -0.450 e. The van der Waals surface area contributed by atoms with Gasteiger partial charge >= 0.3 is 26.6 Å². The Hall–Kier alpha value is -5.63. The van der Waals surface area contributed by atoms with Crippen LogP contribution in [0.25, 0.3) is 22.6 Å². The van der Waals surface area contributed by atoms with Gasteiger partial charge in [-0.3, -0.25) is 32.2 Å². The molecular formula is C37H36Cl2FN9O18S5. The third-order valence-corrected chi connectivity index (χ3v) is 15.1. The van der Waals surface area contributed by atoms with Gasteiger partial charge in [-0.25, -0.2) is 22.6 Å². The first-order chi connectivity index (χ1) is 33.4. The Morgan fingerprint density at radius 1 is 0.861 bits per heavy atom. The Morgan fingerprint density at radius 2 is 1.54 bits per heavy atom. The van der Waals surface area contributed by atoms with E-state index in [1.54, 1.807) is 11.8 Å². The zero-order valence-electron chi connectivity index (χ0n) is 36.5. The second-order valence-electron chi connectivity index (χ2n) is 14.9. The first-order valence-corrected chi connectivity index (χ1v) is 27.9. The number of likely N-dealkylation sites (N-methyl/N-ethyl adjacent to an activating group) is 2. The molecule has 4 aromatic rings. The number of fused-ring (bicyclic) bond motifs is 4. The molecule has 1 aliphatic carbocycles. The van der Waals surface area contributed by atoms with E-state index in [0.717, 1.165) is 12.1 Å². The summed E-state index contributed by atoms with van der Waals surface area (Å²) >= 11 is 8.92. The van der Waals surface area contributed by atoms with E-state index in [1.165, 1.54) is 48.3 Å². The number of hydrogen-bond acceptors (Lipinski definition) is 24. The number of rotatable bonds is 19. The monoisotopic (exact) mass is 1140 g/mol. The first kappa shape index (κ1) is 54.2. The van der Waals surface area contributed by atoms with Gasteiger partial charge in [0.05, 0.1) is 40.5 Å². The highest BCUT2D eigenvalue weighted by molar-refractivity contribution is 8.15. The summed E-state index contributed by atoms with van der Waals surface area (Å²) in [6.07, 6.45) is -1.15. The lowest BCUT2D eigenvalue weighted by Crippen LogP contribution is -2.34. The molecule has 0 amide bonds. The van der Waals surface area contributed by atoms with E-state index in [4.69, 9.17) is 36.9 Å². The molecule has 2 aliphatic heterocycles. The standard InChI is InChI=1S/C37H36Cl2FN9O18S5/c1-4-49(17-25-45-36(40)47-37(46-25)42-19-5-7-20(8-6-19)68(50,51)16-15-64-71(58,59)60)14-13-48(3)24-12-11-22-31(35(24)70(55,56)57)66-33-27(39)28-32(26(38)29(33)44-22)65-30-21(43-28)9-10-23(34(30)69(52,53)54)41-18(2)67-72(61,62)63/h5-12,44,61-63H,2,4,13-17H2,1,3H3,(H,52,53,54)(H,55,56,57)(H,58,59,60)(H,42,45,46,47)/b41-23-. The fourth-order valence-corrected chi connectivity index (χ4v) is 10.8. The lowest BCUT2D eigenvalue weighted by molar-refractivity contribution is 0.246. The molecular weight excluding hydrogens is 1110 g/mol. The predicted molar refractivity (Wildman–Crippen MR) is 255 cm³/mol. The van der Waals surface area contributed by atoms with E-state index in [2.05, 4.69) is 50.5 Å². The van der Waals surface area contributed by atoms with Crippen molar-refractivity contribution in [3.8, 4) is 23.0 Å². The maximum absolute atomic E-state index is 14.7. The SMILES string of the molecule is C=C(/N=c1/ccc2nc3c(Cl)c4c(c(Cl)c3oc-2c1S(=O)(=O)O)Nc1ccc(N(C)CCN(CC)Cc2nc(F)nc(Nc3ccc(S(=O)(=O)CCOS(=O)(=O)O)cc3)n2)c(S(=O)(=O)O)c1O4)OS(O)(O)O. The number of nitrogens with zero attached hydrogens (tertiary/aromatic N) is 7. The van der Waals surface area contributed by atoms with Crippen LogP contribution >= 0.6 is 34.4 Å². The topological polar surface area (TPSA) is 393 Å². The van der Waals surface area contributed by atoms with Crippen LogP contribution in [-0.4, -0.2) is 125 Å². The number of halogens is 3. The average Bonchev–Trinajstić information content (AvgIpc) is 3.26. The second-order valence-corrected chi connectivity index (χ2v) is 22.6. The van der Waals surface area contributed by atoms with Gasteiger partial charge in [-0.05, 0) is 61.7 Å². The fourth-order valence-electron chi connectivity index (χ4n) is 6.86. The number of nitrogens with one attached hydrogen (secondary N) is 2. The van der Waals surface area contributed by atoms with Crippen LogP contribution in [0.1, 0.15) is 12.7 Å². The van der Waals surface area contributed by atoms with Gasteiger partial charge in [0, 0.05) is 25.8 Å². The van der Waals surface area contributed by atoms with Crippen molar-refractivity contribution in [1.82, 2.24) is 24.8 Å². The van der Waals surface area contributed by atoms with Gasteiger partial charge in [-0.2, -0.15) is 44.6 Å². The second kappa shape index (κ2) is 20.3. The number of anilines is 5. The minimum atomic E-state index is -5.24. The largest absolute Gasteiger partial charge is 0.450 e. The summed E-state index contributed by atoms with van der Waals surface area (Å²) in [5.41, 5.74) is -0.946. The van der Waals surface area contributed by atoms with Crippen molar-refractivity contribution in [3.05, 3.63) is 88.3 Å². The summed E-state index contributed by atoms with van der Waals surface area (Å²) in [5.74, 6) is -3.30. The summed E-state index contributed by atoms with van der Waals surface area (Å²) < 4.78 is 190.